The second-order valence-electron chi connectivity index (χ2n) is 11.7. The summed E-state index contributed by atoms with van der Waals surface area (Å²) < 4.78 is 34.6. The maximum atomic E-state index is 13.5. The number of amides is 1. The number of alkyl halides is 2. The monoisotopic (exact) mass is 648 g/mol. The molecule has 1 aliphatic carbocycles. The molecule has 14 heteroatoms. The third-order valence-electron chi connectivity index (χ3n) is 8.81. The minimum Gasteiger partial charge on any atom is -0.434 e. The van der Waals surface area contributed by atoms with E-state index in [0.717, 1.165) is 56.5 Å². The Morgan fingerprint density at radius 1 is 1.22 bits per heavy atom. The number of ketones is 1. The van der Waals surface area contributed by atoms with Gasteiger partial charge in [-0.05, 0) is 75.6 Å². The normalized spacial score (nSPS) is 20.5. The molecular weight excluding hydrogens is 614 g/mol. The fourth-order valence-electron chi connectivity index (χ4n) is 6.48. The lowest BCUT2D eigenvalue weighted by Crippen LogP contribution is -2.44. The van der Waals surface area contributed by atoms with E-state index in [1.54, 1.807) is 36.8 Å². The Hall–Kier alpha value is -4.35. The smallest absolute Gasteiger partial charge is 0.387 e. The summed E-state index contributed by atoms with van der Waals surface area (Å²) in [7, 11) is 0. The Morgan fingerprint density at radius 3 is 2.80 bits per heavy atom. The number of hydrogen-bond donors (Lipinski definition) is 1. The van der Waals surface area contributed by atoms with E-state index in [1.807, 2.05) is 6.26 Å². The number of hydrogen-bond acceptors (Lipinski definition) is 9. The standard InChI is InChI=1S/C32H34F2N8O3S/c1-46-23-9-10-28(45-32(33)34)24(14-23)29-26(38-31(44)25-16-37-42-13-3-11-36-30(25)42)18-41(39-29)19-27(43)21-5-7-22(8-6-21)40-12-2-4-20(15-35)17-40/h3,9-11,13-14,16,18,20-22,32H,2,4-8,12,17,19H2,1H3,(H,38,44)/t20-,21?,22?/m0/s1. The van der Waals surface area contributed by atoms with Crippen molar-refractivity contribution in [3.63, 3.8) is 0 Å². The first-order chi connectivity index (χ1) is 22.3. The molecule has 4 heterocycles. The Labute approximate surface area is 268 Å². The third-order valence-corrected chi connectivity index (χ3v) is 9.54. The van der Waals surface area contributed by atoms with Crippen LogP contribution in [0.25, 0.3) is 16.9 Å². The second kappa shape index (κ2) is 14.0. The number of anilines is 1. The number of likely N-dealkylation sites (tertiary alicyclic amines) is 1. The SMILES string of the molecule is CSc1ccc(OC(F)F)c(-c2nn(CC(=O)C3CCC(N4CCC[C@@H](C#N)C4)CC3)cc2NC(=O)c2cnn3cccnc23)c1. The fourth-order valence-corrected chi connectivity index (χ4v) is 6.92. The predicted molar refractivity (Wildman–Crippen MR) is 168 cm³/mol. The number of benzene rings is 1. The van der Waals surface area contributed by atoms with E-state index in [2.05, 4.69) is 31.5 Å². The summed E-state index contributed by atoms with van der Waals surface area (Å²) in [4.78, 5) is 34.4. The van der Waals surface area contributed by atoms with Gasteiger partial charge in [0.05, 0.1) is 30.4 Å². The van der Waals surface area contributed by atoms with Gasteiger partial charge in [0.2, 0.25) is 0 Å². The van der Waals surface area contributed by atoms with E-state index in [1.165, 1.54) is 33.2 Å². The Bertz CT molecular complexity index is 1760. The number of fused-ring (bicyclic) bond motifs is 1. The van der Waals surface area contributed by atoms with Gasteiger partial charge in [-0.1, -0.05) is 0 Å². The summed E-state index contributed by atoms with van der Waals surface area (Å²) >= 11 is 1.41. The van der Waals surface area contributed by atoms with Crippen molar-refractivity contribution < 1.29 is 23.1 Å². The predicted octanol–water partition coefficient (Wildman–Crippen LogP) is 5.53. The highest BCUT2D eigenvalue weighted by atomic mass is 32.2. The van der Waals surface area contributed by atoms with Crippen molar-refractivity contribution in [3.05, 3.63) is 54.6 Å². The molecule has 0 radical (unpaired) electrons. The first-order valence-corrected chi connectivity index (χ1v) is 16.5. The molecule has 1 aliphatic heterocycles. The maximum absolute atomic E-state index is 13.5. The Morgan fingerprint density at radius 2 is 2.04 bits per heavy atom. The van der Waals surface area contributed by atoms with Crippen molar-refractivity contribution >= 4 is 34.8 Å². The molecule has 2 aliphatic rings. The van der Waals surface area contributed by atoms with E-state index in [-0.39, 0.29) is 52.4 Å². The van der Waals surface area contributed by atoms with Crippen LogP contribution in [-0.4, -0.2) is 73.0 Å². The summed E-state index contributed by atoms with van der Waals surface area (Å²) in [5, 5.41) is 21.0. The van der Waals surface area contributed by atoms with Gasteiger partial charge < -0.3 is 10.1 Å². The van der Waals surface area contributed by atoms with Crippen LogP contribution in [0.2, 0.25) is 0 Å². The highest BCUT2D eigenvalue weighted by Crippen LogP contribution is 2.38. The molecule has 3 aromatic heterocycles. The van der Waals surface area contributed by atoms with Crippen molar-refractivity contribution in [2.24, 2.45) is 11.8 Å². The molecule has 2 fully saturated rings. The van der Waals surface area contributed by atoms with Crippen molar-refractivity contribution in [2.75, 3.05) is 24.7 Å². The second-order valence-corrected chi connectivity index (χ2v) is 12.5. The molecule has 0 unspecified atom stereocenters. The molecule has 240 valence electrons. The molecule has 1 N–H and O–H groups in total. The minimum absolute atomic E-state index is 0.0210. The molecule has 6 rings (SSSR count). The van der Waals surface area contributed by atoms with Crippen molar-refractivity contribution in [1.29, 1.82) is 5.26 Å². The lowest BCUT2D eigenvalue weighted by Gasteiger charge is -2.39. The number of rotatable bonds is 10. The van der Waals surface area contributed by atoms with Gasteiger partial charge in [0.15, 0.2) is 11.4 Å². The molecule has 0 spiro atoms. The Balaban J connectivity index is 1.24. The van der Waals surface area contributed by atoms with Crippen LogP contribution in [0.1, 0.15) is 48.9 Å². The zero-order chi connectivity index (χ0) is 32.2. The molecule has 1 aromatic carbocycles. The summed E-state index contributed by atoms with van der Waals surface area (Å²) in [5.41, 5.74) is 1.23. The van der Waals surface area contributed by atoms with Crippen LogP contribution in [-0.2, 0) is 11.3 Å². The van der Waals surface area contributed by atoms with Gasteiger partial charge in [-0.15, -0.1) is 11.8 Å². The summed E-state index contributed by atoms with van der Waals surface area (Å²) in [5.74, 6) is -0.669. The summed E-state index contributed by atoms with van der Waals surface area (Å²) in [6.45, 7) is -1.32. The van der Waals surface area contributed by atoms with Gasteiger partial charge in [0.25, 0.3) is 5.91 Å². The van der Waals surface area contributed by atoms with Crippen LogP contribution in [0.4, 0.5) is 14.5 Å². The van der Waals surface area contributed by atoms with Crippen LogP contribution < -0.4 is 10.1 Å². The van der Waals surface area contributed by atoms with Gasteiger partial charge in [-0.3, -0.25) is 19.2 Å². The number of carbonyl (C=O) groups is 2. The number of thioether (sulfide) groups is 1. The molecule has 1 saturated heterocycles. The van der Waals surface area contributed by atoms with Crippen LogP contribution in [0.5, 0.6) is 5.75 Å². The van der Waals surface area contributed by atoms with E-state index >= 15 is 0 Å². The lowest BCUT2D eigenvalue weighted by molar-refractivity contribution is -0.125. The van der Waals surface area contributed by atoms with E-state index in [0.29, 0.717) is 11.7 Å². The molecular formula is C32H34F2N8O3S. The highest BCUT2D eigenvalue weighted by Gasteiger charge is 2.32. The van der Waals surface area contributed by atoms with Gasteiger partial charge >= 0.3 is 6.61 Å². The number of nitriles is 1. The molecule has 1 atom stereocenters. The molecule has 4 aromatic rings. The Kier molecular flexibility index (Phi) is 9.60. The largest absolute Gasteiger partial charge is 0.434 e. The zero-order valence-corrected chi connectivity index (χ0v) is 26.1. The van der Waals surface area contributed by atoms with Crippen molar-refractivity contribution in [1.82, 2.24) is 29.3 Å². The number of Topliss-reactive ketones (excluding diaryl/α,β-unsaturated/α-hetero) is 1. The average Bonchev–Trinajstić information content (AvgIpc) is 3.68. The maximum Gasteiger partial charge on any atom is 0.387 e. The topological polar surface area (TPSA) is 130 Å². The minimum atomic E-state index is -3.07. The first-order valence-electron chi connectivity index (χ1n) is 15.3. The molecule has 0 bridgehead atoms. The zero-order valence-electron chi connectivity index (χ0n) is 25.3. The third kappa shape index (κ3) is 6.90. The fraction of sp³-hybridized carbons (Fsp3) is 0.438. The number of nitrogens with zero attached hydrogens (tertiary/aromatic N) is 7. The van der Waals surface area contributed by atoms with Crippen molar-refractivity contribution in [2.45, 2.75) is 62.6 Å². The van der Waals surface area contributed by atoms with Crippen LogP contribution in [0.15, 0.2) is 53.9 Å². The van der Waals surface area contributed by atoms with Gasteiger partial charge in [0, 0.05) is 47.6 Å². The molecule has 1 amide bonds. The number of piperidine rings is 1. The van der Waals surface area contributed by atoms with Crippen LogP contribution in [0.3, 0.4) is 0 Å². The van der Waals surface area contributed by atoms with Crippen molar-refractivity contribution in [3.8, 4) is 23.1 Å². The number of carbonyl (C=O) groups excluding carboxylic acids is 2. The number of aromatic nitrogens is 5. The van der Waals surface area contributed by atoms with E-state index < -0.39 is 12.5 Å². The summed E-state index contributed by atoms with van der Waals surface area (Å²) in [6, 6.07) is 9.25. The van der Waals surface area contributed by atoms with Gasteiger partial charge in [-0.2, -0.15) is 24.2 Å². The van der Waals surface area contributed by atoms with Gasteiger partial charge in [0.1, 0.15) is 17.0 Å². The molecule has 11 nitrogen and oxygen atoms in total. The van der Waals surface area contributed by atoms with Crippen LogP contribution in [0, 0.1) is 23.2 Å². The van der Waals surface area contributed by atoms with E-state index in [9.17, 15) is 23.6 Å². The quantitative estimate of drug-likeness (QED) is 0.221. The summed E-state index contributed by atoms with van der Waals surface area (Å²) in [6.07, 6.45) is 13.3. The highest BCUT2D eigenvalue weighted by molar-refractivity contribution is 7.98. The average molecular weight is 649 g/mol. The molecule has 1 saturated carbocycles. The number of ether oxygens (including phenoxy) is 1. The van der Waals surface area contributed by atoms with Crippen LogP contribution >= 0.6 is 11.8 Å². The molecule has 46 heavy (non-hydrogen) atoms. The number of halogens is 2. The first kappa shape index (κ1) is 31.6. The van der Waals surface area contributed by atoms with E-state index in [4.69, 9.17) is 4.74 Å². The lowest BCUT2D eigenvalue weighted by atomic mass is 9.82. The van der Waals surface area contributed by atoms with Gasteiger partial charge in [-0.25, -0.2) is 9.50 Å². The number of nitrogens with one attached hydrogen (secondary N) is 1.